The summed E-state index contributed by atoms with van der Waals surface area (Å²) in [5.41, 5.74) is 1.10. The number of hydrogen-bond donors (Lipinski definition) is 3. The van der Waals surface area contributed by atoms with Crippen LogP contribution in [0.25, 0.3) is 0 Å². The number of fused-ring (bicyclic) bond motifs is 1. The highest BCUT2D eigenvalue weighted by Crippen LogP contribution is 2.40. The van der Waals surface area contributed by atoms with Crippen molar-refractivity contribution in [1.29, 1.82) is 0 Å². The van der Waals surface area contributed by atoms with Crippen LogP contribution in [0.1, 0.15) is 44.1 Å². The average molecular weight is 337 g/mol. The lowest BCUT2D eigenvalue weighted by atomic mass is 9.72. The number of carbonyl (C=O) groups excluding carboxylic acids is 1. The second-order valence-corrected chi connectivity index (χ2v) is 5.61. The molecule has 8 heteroatoms. The molecule has 0 radical (unpaired) electrons. The molecule has 0 aromatic heterocycles. The molecule has 2 atom stereocenters. The van der Waals surface area contributed by atoms with Gasteiger partial charge < -0.3 is 29.6 Å². The molecule has 1 heterocycles. The third kappa shape index (κ3) is 4.01. The number of hydrogen-bond acceptors (Lipinski definition) is 6. The fourth-order valence-corrected chi connectivity index (χ4v) is 2.75. The molecular weight excluding hydrogens is 313 g/mol. The molecule has 1 aliphatic rings. The first-order chi connectivity index (χ1) is 11.5. The Hall–Kier alpha value is -1.77. The molecule has 1 aliphatic heterocycles. The molecule has 0 fully saturated rings. The van der Waals surface area contributed by atoms with Crippen LogP contribution >= 0.6 is 0 Å². The van der Waals surface area contributed by atoms with Gasteiger partial charge in [-0.15, -0.1) is 0 Å². The molecule has 0 saturated heterocycles. The van der Waals surface area contributed by atoms with E-state index in [2.05, 4.69) is 5.32 Å². The topological polar surface area (TPSA) is 97.3 Å². The van der Waals surface area contributed by atoms with E-state index in [1.807, 2.05) is 6.92 Å². The fraction of sp³-hybridized carbons (Fsp3) is 0.562. The van der Waals surface area contributed by atoms with E-state index in [4.69, 9.17) is 14.1 Å². The van der Waals surface area contributed by atoms with Gasteiger partial charge in [0.2, 0.25) is 5.91 Å². The molecule has 1 aromatic carbocycles. The molecule has 0 bridgehead atoms. The number of benzene rings is 1. The monoisotopic (exact) mass is 337 g/mol. The lowest BCUT2D eigenvalue weighted by molar-refractivity contribution is -0.121. The summed E-state index contributed by atoms with van der Waals surface area (Å²) in [5.74, 6) is 0.0814. The number of aliphatic hydroxyl groups excluding tert-OH is 1. The minimum absolute atomic E-state index is 0.128. The number of nitrogens with one attached hydrogen (secondary N) is 1. The summed E-state index contributed by atoms with van der Waals surface area (Å²) in [7, 11) is 0.273. The molecule has 7 nitrogen and oxygen atoms in total. The van der Waals surface area contributed by atoms with E-state index in [1.165, 1.54) is 7.11 Å². The third-order valence-corrected chi connectivity index (χ3v) is 3.88. The van der Waals surface area contributed by atoms with E-state index in [9.17, 15) is 14.9 Å². The van der Waals surface area contributed by atoms with Gasteiger partial charge in [-0.2, -0.15) is 0 Å². The summed E-state index contributed by atoms with van der Waals surface area (Å²) in [6.45, 7) is 3.99. The van der Waals surface area contributed by atoms with Gasteiger partial charge in [0.15, 0.2) is 6.29 Å². The fourth-order valence-electron chi connectivity index (χ4n) is 2.75. The van der Waals surface area contributed by atoms with Crippen LogP contribution in [0.5, 0.6) is 11.5 Å². The first-order valence-corrected chi connectivity index (χ1v) is 8.15. The van der Waals surface area contributed by atoms with Crippen molar-refractivity contribution in [2.24, 2.45) is 0 Å². The largest absolute Gasteiger partial charge is 0.547 e. The number of methoxy groups -OCH3 is 1. The van der Waals surface area contributed by atoms with Gasteiger partial charge in [0, 0.05) is 13.0 Å². The van der Waals surface area contributed by atoms with E-state index in [-0.39, 0.29) is 5.91 Å². The summed E-state index contributed by atoms with van der Waals surface area (Å²) < 4.78 is 16.1. The van der Waals surface area contributed by atoms with Crippen LogP contribution in [0.2, 0.25) is 0 Å². The zero-order chi connectivity index (χ0) is 17.7. The quantitative estimate of drug-likeness (QED) is 0.507. The van der Waals surface area contributed by atoms with Crippen molar-refractivity contribution >= 4 is 13.0 Å². The van der Waals surface area contributed by atoms with Crippen molar-refractivity contribution < 1.29 is 29.1 Å². The predicted octanol–water partition coefficient (Wildman–Crippen LogP) is 0.962. The van der Waals surface area contributed by atoms with E-state index < -0.39 is 19.3 Å². The highest BCUT2D eigenvalue weighted by atomic mass is 16.6. The Labute approximate surface area is 142 Å². The Bertz CT molecular complexity index is 582. The van der Waals surface area contributed by atoms with Gasteiger partial charge in [0.1, 0.15) is 11.5 Å². The number of rotatable bonds is 7. The van der Waals surface area contributed by atoms with Crippen molar-refractivity contribution in [2.45, 2.75) is 45.3 Å². The minimum atomic E-state index is -1.22. The van der Waals surface area contributed by atoms with Crippen LogP contribution in [0, 0.1) is 0 Å². The van der Waals surface area contributed by atoms with Crippen LogP contribution < -0.4 is 14.7 Å². The van der Waals surface area contributed by atoms with Gasteiger partial charge in [-0.05, 0) is 31.4 Å². The van der Waals surface area contributed by atoms with Gasteiger partial charge in [0.25, 0.3) is 0 Å². The van der Waals surface area contributed by atoms with E-state index in [0.29, 0.717) is 36.5 Å². The van der Waals surface area contributed by atoms with Gasteiger partial charge in [-0.25, -0.2) is 0 Å². The minimum Gasteiger partial charge on any atom is -0.534 e. The molecule has 1 amide bonds. The molecule has 0 saturated carbocycles. The molecule has 3 N–H and O–H groups in total. The second kappa shape index (κ2) is 8.37. The lowest BCUT2D eigenvalue weighted by Gasteiger charge is -2.31. The van der Waals surface area contributed by atoms with Crippen LogP contribution in [0.3, 0.4) is 0 Å². The first-order valence-electron chi connectivity index (χ1n) is 8.15. The third-order valence-electron chi connectivity index (χ3n) is 3.88. The van der Waals surface area contributed by atoms with Gasteiger partial charge in [0.05, 0.1) is 18.6 Å². The van der Waals surface area contributed by atoms with Crippen LogP contribution in [-0.2, 0) is 16.0 Å². The number of amides is 1. The molecule has 1 unspecified atom stereocenters. The highest BCUT2D eigenvalue weighted by molar-refractivity contribution is 6.46. The average Bonchev–Trinajstić information content (AvgIpc) is 2.55. The number of ether oxygens (including phenoxy) is 2. The summed E-state index contributed by atoms with van der Waals surface area (Å²) >= 11 is 0. The number of carbonyl (C=O) groups is 1. The van der Waals surface area contributed by atoms with Crippen molar-refractivity contribution in [1.82, 2.24) is 5.32 Å². The van der Waals surface area contributed by atoms with E-state index >= 15 is 0 Å². The molecule has 24 heavy (non-hydrogen) atoms. The Morgan fingerprint density at radius 2 is 2.25 bits per heavy atom. The van der Waals surface area contributed by atoms with Crippen molar-refractivity contribution in [3.63, 3.8) is 0 Å². The zero-order valence-electron chi connectivity index (χ0n) is 14.2. The SMILES string of the molecule is CCCC(=O)N[C@H]1Cc2ccc(OC)c(C(O)OCC)c2OB1O. The molecule has 0 spiro atoms. The summed E-state index contributed by atoms with van der Waals surface area (Å²) in [5, 5.41) is 23.2. The molecular formula is C16H24BNO6. The van der Waals surface area contributed by atoms with Gasteiger partial charge in [-0.1, -0.05) is 13.0 Å². The van der Waals surface area contributed by atoms with Gasteiger partial charge >= 0.3 is 7.12 Å². The molecule has 0 aliphatic carbocycles. The Morgan fingerprint density at radius 1 is 1.50 bits per heavy atom. The standard InChI is InChI=1S/C16H24BNO6/c1-4-6-13(19)18-12-9-10-7-8-11(22-3)14(16(20)23-5-2)15(10)24-17(12)21/h7-8,12,16,20-21H,4-6,9H2,1-3H3,(H,18,19)/t12-,16?/m0/s1. The Kier molecular flexibility index (Phi) is 6.48. The molecule has 132 valence electrons. The van der Waals surface area contributed by atoms with E-state index in [1.54, 1.807) is 19.1 Å². The Morgan fingerprint density at radius 3 is 2.88 bits per heavy atom. The van der Waals surface area contributed by atoms with Gasteiger partial charge in [-0.3, -0.25) is 4.79 Å². The van der Waals surface area contributed by atoms with Crippen LogP contribution in [-0.4, -0.2) is 42.8 Å². The van der Waals surface area contributed by atoms with Crippen LogP contribution in [0.15, 0.2) is 12.1 Å². The van der Waals surface area contributed by atoms with Crippen LogP contribution in [0.4, 0.5) is 0 Å². The maximum Gasteiger partial charge on any atom is 0.547 e. The predicted molar refractivity (Wildman–Crippen MR) is 88.7 cm³/mol. The van der Waals surface area contributed by atoms with Crippen molar-refractivity contribution in [3.8, 4) is 11.5 Å². The van der Waals surface area contributed by atoms with E-state index in [0.717, 1.165) is 12.0 Å². The second-order valence-electron chi connectivity index (χ2n) is 5.61. The first kappa shape index (κ1) is 18.6. The number of aliphatic hydroxyl groups is 1. The summed E-state index contributed by atoms with van der Waals surface area (Å²) in [6.07, 6.45) is 0.293. The van der Waals surface area contributed by atoms with Crippen molar-refractivity contribution in [3.05, 3.63) is 23.3 Å². The highest BCUT2D eigenvalue weighted by Gasteiger charge is 2.38. The summed E-state index contributed by atoms with van der Waals surface area (Å²) in [4.78, 5) is 11.8. The summed E-state index contributed by atoms with van der Waals surface area (Å²) in [6, 6.07) is 3.50. The maximum absolute atomic E-state index is 11.8. The zero-order valence-corrected chi connectivity index (χ0v) is 14.2. The lowest BCUT2D eigenvalue weighted by Crippen LogP contribution is -2.53. The van der Waals surface area contributed by atoms with Crippen molar-refractivity contribution in [2.75, 3.05) is 13.7 Å². The maximum atomic E-state index is 11.8. The normalized spacial score (nSPS) is 17.7. The Balaban J connectivity index is 2.29. The smallest absolute Gasteiger partial charge is 0.534 e. The molecule has 2 rings (SSSR count). The molecule has 1 aromatic rings.